The molecule has 0 aliphatic carbocycles. The molecule has 0 bridgehead atoms. The van der Waals surface area contributed by atoms with Crippen molar-refractivity contribution in [2.24, 2.45) is 0 Å². The summed E-state index contributed by atoms with van der Waals surface area (Å²) in [5.41, 5.74) is 1.24. The highest BCUT2D eigenvalue weighted by atomic mass is 32.2. The molecule has 0 amide bonds. The predicted octanol–water partition coefficient (Wildman–Crippen LogP) is 4.31. The number of hydrogen-bond acceptors (Lipinski definition) is 5. The Morgan fingerprint density at radius 1 is 0.833 bits per heavy atom. The molecular formula is C28H26N4O3S. The van der Waals surface area contributed by atoms with Crippen LogP contribution in [0.2, 0.25) is 0 Å². The second-order valence-corrected chi connectivity index (χ2v) is 10.7. The van der Waals surface area contributed by atoms with Crippen LogP contribution in [0.5, 0.6) is 0 Å². The molecule has 5 aromatic rings. The SMILES string of the molecule is O=S(=O)(Cc1ccccc1)c1nc(-c2ccccc2)cn1CC(O)(Cn1ccnc1)c1ccccc1. The average Bonchev–Trinajstić information content (AvgIpc) is 3.56. The van der Waals surface area contributed by atoms with E-state index < -0.39 is 15.4 Å². The molecule has 5 rings (SSSR count). The van der Waals surface area contributed by atoms with Crippen LogP contribution in [0, 0.1) is 0 Å². The summed E-state index contributed by atoms with van der Waals surface area (Å²) in [5, 5.41) is 11.9. The highest BCUT2D eigenvalue weighted by molar-refractivity contribution is 7.90. The molecule has 1 atom stereocenters. The van der Waals surface area contributed by atoms with Gasteiger partial charge in [0, 0.05) is 24.2 Å². The molecule has 0 radical (unpaired) electrons. The van der Waals surface area contributed by atoms with Crippen molar-refractivity contribution < 1.29 is 13.5 Å². The van der Waals surface area contributed by atoms with E-state index in [1.807, 2.05) is 78.9 Å². The minimum Gasteiger partial charge on any atom is -0.381 e. The van der Waals surface area contributed by atoms with Gasteiger partial charge in [-0.3, -0.25) is 0 Å². The lowest BCUT2D eigenvalue weighted by molar-refractivity contribution is -0.00126. The zero-order chi connectivity index (χ0) is 25.0. The first-order valence-electron chi connectivity index (χ1n) is 11.6. The number of aliphatic hydroxyl groups is 1. The molecule has 0 saturated heterocycles. The van der Waals surface area contributed by atoms with Crippen LogP contribution in [0.3, 0.4) is 0 Å². The summed E-state index contributed by atoms with van der Waals surface area (Å²) in [4.78, 5) is 8.66. The van der Waals surface area contributed by atoms with Gasteiger partial charge in [0.1, 0.15) is 5.60 Å². The lowest BCUT2D eigenvalue weighted by Gasteiger charge is -2.30. The first-order valence-corrected chi connectivity index (χ1v) is 13.2. The van der Waals surface area contributed by atoms with Crippen molar-refractivity contribution in [1.29, 1.82) is 0 Å². The molecule has 0 saturated carbocycles. The third-order valence-electron chi connectivity index (χ3n) is 6.03. The van der Waals surface area contributed by atoms with Gasteiger partial charge in [0.25, 0.3) is 0 Å². The molecule has 1 unspecified atom stereocenters. The van der Waals surface area contributed by atoms with E-state index >= 15 is 0 Å². The van der Waals surface area contributed by atoms with Gasteiger partial charge < -0.3 is 14.2 Å². The highest BCUT2D eigenvalue weighted by Gasteiger charge is 2.34. The van der Waals surface area contributed by atoms with Crippen LogP contribution in [0.25, 0.3) is 11.3 Å². The van der Waals surface area contributed by atoms with Gasteiger partial charge in [-0.05, 0) is 11.1 Å². The van der Waals surface area contributed by atoms with E-state index in [1.165, 1.54) is 0 Å². The lowest BCUT2D eigenvalue weighted by atomic mass is 9.93. The smallest absolute Gasteiger partial charge is 0.228 e. The van der Waals surface area contributed by atoms with Crippen LogP contribution in [-0.2, 0) is 34.3 Å². The Morgan fingerprint density at radius 3 is 2.11 bits per heavy atom. The summed E-state index contributed by atoms with van der Waals surface area (Å²) in [6.07, 6.45) is 6.75. The molecule has 2 aromatic heterocycles. The average molecular weight is 499 g/mol. The van der Waals surface area contributed by atoms with Crippen molar-refractivity contribution in [2.75, 3.05) is 0 Å². The monoisotopic (exact) mass is 498 g/mol. The van der Waals surface area contributed by atoms with Gasteiger partial charge in [-0.25, -0.2) is 18.4 Å². The van der Waals surface area contributed by atoms with Crippen molar-refractivity contribution in [3.63, 3.8) is 0 Å². The number of hydrogen-bond donors (Lipinski definition) is 1. The van der Waals surface area contributed by atoms with E-state index in [1.54, 1.807) is 46.2 Å². The van der Waals surface area contributed by atoms with Gasteiger partial charge in [-0.1, -0.05) is 91.0 Å². The third-order valence-corrected chi connectivity index (χ3v) is 7.63. The first kappa shape index (κ1) is 23.7. The minimum atomic E-state index is -3.83. The van der Waals surface area contributed by atoms with E-state index in [9.17, 15) is 13.5 Å². The molecule has 3 aromatic carbocycles. The van der Waals surface area contributed by atoms with E-state index in [0.717, 1.165) is 5.56 Å². The maximum Gasteiger partial charge on any atom is 0.228 e. The molecule has 36 heavy (non-hydrogen) atoms. The first-order chi connectivity index (χ1) is 17.4. The number of imidazole rings is 2. The van der Waals surface area contributed by atoms with Crippen molar-refractivity contribution in [2.45, 2.75) is 29.6 Å². The van der Waals surface area contributed by atoms with Crippen molar-refractivity contribution in [3.05, 3.63) is 127 Å². The number of benzene rings is 3. The summed E-state index contributed by atoms with van der Waals surface area (Å²) < 4.78 is 30.6. The van der Waals surface area contributed by atoms with E-state index in [0.29, 0.717) is 16.8 Å². The summed E-state index contributed by atoms with van der Waals surface area (Å²) in [5.74, 6) is -0.190. The van der Waals surface area contributed by atoms with Crippen molar-refractivity contribution in [1.82, 2.24) is 19.1 Å². The van der Waals surface area contributed by atoms with Gasteiger partial charge in [0.15, 0.2) is 0 Å². The number of aromatic nitrogens is 4. The molecule has 0 aliphatic heterocycles. The van der Waals surface area contributed by atoms with E-state index in [-0.39, 0.29) is 24.0 Å². The molecule has 1 N–H and O–H groups in total. The maximum atomic E-state index is 13.6. The minimum absolute atomic E-state index is 0.0155. The largest absolute Gasteiger partial charge is 0.381 e. The van der Waals surface area contributed by atoms with Crippen LogP contribution in [0.15, 0.2) is 121 Å². The van der Waals surface area contributed by atoms with Crippen molar-refractivity contribution in [3.8, 4) is 11.3 Å². The number of rotatable bonds is 9. The zero-order valence-electron chi connectivity index (χ0n) is 19.6. The Hall–Kier alpha value is -4.01. The summed E-state index contributed by atoms with van der Waals surface area (Å²) in [6.45, 7) is 0.173. The molecule has 0 aliphatic rings. The number of nitrogens with zero attached hydrogens (tertiary/aromatic N) is 4. The van der Waals surface area contributed by atoms with Gasteiger partial charge in [-0.2, -0.15) is 0 Å². The van der Waals surface area contributed by atoms with E-state index in [4.69, 9.17) is 0 Å². The van der Waals surface area contributed by atoms with Crippen LogP contribution in [0.4, 0.5) is 0 Å². The fourth-order valence-electron chi connectivity index (χ4n) is 4.31. The Balaban J connectivity index is 1.60. The Morgan fingerprint density at radius 2 is 1.47 bits per heavy atom. The molecule has 2 heterocycles. The third kappa shape index (κ3) is 5.15. The molecule has 182 valence electrons. The Bertz CT molecular complexity index is 1520. The normalized spacial score (nSPS) is 13.4. The van der Waals surface area contributed by atoms with Gasteiger partial charge >= 0.3 is 0 Å². The Labute approximate surface area is 210 Å². The Kier molecular flexibility index (Phi) is 6.54. The van der Waals surface area contributed by atoms with Crippen LogP contribution in [-0.4, -0.2) is 32.6 Å². The molecule has 0 spiro atoms. The maximum absolute atomic E-state index is 13.6. The second-order valence-electron chi connectivity index (χ2n) is 8.78. The van der Waals surface area contributed by atoms with Gasteiger partial charge in [0.2, 0.25) is 15.0 Å². The van der Waals surface area contributed by atoms with E-state index in [2.05, 4.69) is 9.97 Å². The fourth-order valence-corrected chi connectivity index (χ4v) is 5.78. The highest BCUT2D eigenvalue weighted by Crippen LogP contribution is 2.30. The molecule has 8 heteroatoms. The summed E-state index contributed by atoms with van der Waals surface area (Å²) in [6, 6.07) is 27.7. The standard InChI is InChI=1S/C28H26N4O3S/c33-28(20-31-17-16-29-22-31,25-14-8-3-9-15-25)21-32-18-26(24-12-6-2-7-13-24)30-27(32)36(34,35)19-23-10-4-1-5-11-23/h1-18,22,33H,19-21H2. The summed E-state index contributed by atoms with van der Waals surface area (Å²) in [7, 11) is -3.83. The van der Waals surface area contributed by atoms with Crippen LogP contribution in [0.1, 0.15) is 11.1 Å². The van der Waals surface area contributed by atoms with Crippen LogP contribution >= 0.6 is 0 Å². The topological polar surface area (TPSA) is 90.0 Å². The molecular weight excluding hydrogens is 472 g/mol. The molecule has 7 nitrogen and oxygen atoms in total. The van der Waals surface area contributed by atoms with Crippen LogP contribution < -0.4 is 0 Å². The zero-order valence-corrected chi connectivity index (χ0v) is 20.4. The summed E-state index contributed by atoms with van der Waals surface area (Å²) >= 11 is 0. The lowest BCUT2D eigenvalue weighted by Crippen LogP contribution is -2.36. The predicted molar refractivity (Wildman–Crippen MR) is 138 cm³/mol. The van der Waals surface area contributed by atoms with Gasteiger partial charge in [-0.15, -0.1) is 0 Å². The van der Waals surface area contributed by atoms with Gasteiger partial charge in [0.05, 0.1) is 30.9 Å². The fraction of sp³-hybridized carbons (Fsp3) is 0.143. The van der Waals surface area contributed by atoms with Crippen molar-refractivity contribution >= 4 is 9.84 Å². The quantitative estimate of drug-likeness (QED) is 0.327. The molecule has 0 fully saturated rings. The second kappa shape index (κ2) is 9.93. The number of sulfone groups is 1.